The molecule has 0 saturated carbocycles. The summed E-state index contributed by atoms with van der Waals surface area (Å²) >= 11 is 7.36. The van der Waals surface area contributed by atoms with Crippen LogP contribution in [0.15, 0.2) is 72.9 Å². The van der Waals surface area contributed by atoms with Crippen LogP contribution in [0.3, 0.4) is 0 Å². The lowest BCUT2D eigenvalue weighted by atomic mass is 10.0. The predicted octanol–water partition coefficient (Wildman–Crippen LogP) is 5.19. The van der Waals surface area contributed by atoms with Crippen molar-refractivity contribution in [3.63, 3.8) is 0 Å². The van der Waals surface area contributed by atoms with Gasteiger partial charge in [-0.25, -0.2) is 4.98 Å². The van der Waals surface area contributed by atoms with Crippen molar-refractivity contribution in [2.24, 2.45) is 0 Å². The van der Waals surface area contributed by atoms with Crippen LogP contribution >= 0.6 is 22.9 Å². The molecule has 0 bridgehead atoms. The lowest BCUT2D eigenvalue weighted by Gasteiger charge is -2.29. The fraction of sp³-hybridized carbons (Fsp3) is 0.167. The first-order valence-corrected chi connectivity index (χ1v) is 14.1. The van der Waals surface area contributed by atoms with Crippen LogP contribution in [0.2, 0.25) is 5.02 Å². The highest BCUT2D eigenvalue weighted by molar-refractivity contribution is 7.15. The molecule has 11 heteroatoms. The van der Waals surface area contributed by atoms with Crippen molar-refractivity contribution < 1.29 is 23.9 Å². The number of ether oxygens (including phenoxy) is 1. The van der Waals surface area contributed by atoms with Gasteiger partial charge in [-0.05, 0) is 66.1 Å². The number of rotatable bonds is 7. The van der Waals surface area contributed by atoms with Gasteiger partial charge in [0.25, 0.3) is 11.8 Å². The second-order valence-corrected chi connectivity index (χ2v) is 11.3. The standard InChI is InChI=1S/C30H23ClN4O5S/c31-20-6-1-17(2-7-20)13-23-15-32-30(41-23)34-27(37)18-3-8-21(9-4-18)40-22-10-5-19-16-35(29(39)24(19)14-22)25-11-12-26(36)33-28(25)38/h1-10,14-15,25H,11-13,16H2,(H,32,34,37)(H,33,36,38). The highest BCUT2D eigenvalue weighted by Crippen LogP contribution is 2.32. The molecule has 41 heavy (non-hydrogen) atoms. The van der Waals surface area contributed by atoms with Crippen LogP contribution in [0.4, 0.5) is 5.13 Å². The molecule has 3 heterocycles. The van der Waals surface area contributed by atoms with Crippen LogP contribution in [0.1, 0.15) is 49.6 Å². The number of halogens is 1. The summed E-state index contributed by atoms with van der Waals surface area (Å²) in [6.07, 6.45) is 2.95. The molecule has 4 amide bonds. The smallest absolute Gasteiger partial charge is 0.257 e. The highest BCUT2D eigenvalue weighted by atomic mass is 35.5. The zero-order valence-electron chi connectivity index (χ0n) is 21.6. The summed E-state index contributed by atoms with van der Waals surface area (Å²) < 4.78 is 5.94. The molecule has 2 N–H and O–H groups in total. The largest absolute Gasteiger partial charge is 0.457 e. The van der Waals surface area contributed by atoms with Gasteiger partial charge in [-0.3, -0.25) is 29.8 Å². The maximum atomic E-state index is 13.1. The number of hydrogen-bond donors (Lipinski definition) is 2. The number of carbonyl (C=O) groups excluding carboxylic acids is 4. The lowest BCUT2D eigenvalue weighted by molar-refractivity contribution is -0.136. The van der Waals surface area contributed by atoms with Crippen LogP contribution in [0, 0.1) is 0 Å². The zero-order valence-corrected chi connectivity index (χ0v) is 23.1. The Labute approximate surface area is 244 Å². The van der Waals surface area contributed by atoms with Gasteiger partial charge < -0.3 is 9.64 Å². The van der Waals surface area contributed by atoms with Gasteiger partial charge in [0.2, 0.25) is 11.8 Å². The number of aromatic nitrogens is 1. The molecule has 2 aliphatic rings. The Hall–Kier alpha value is -4.54. The Kier molecular flexibility index (Phi) is 7.25. The zero-order chi connectivity index (χ0) is 28.5. The van der Waals surface area contributed by atoms with Gasteiger partial charge in [0.15, 0.2) is 5.13 Å². The molecule has 3 aromatic carbocycles. The quantitative estimate of drug-likeness (QED) is 0.288. The Balaban J connectivity index is 1.07. The Morgan fingerprint density at radius 2 is 1.80 bits per heavy atom. The van der Waals surface area contributed by atoms with E-state index in [1.165, 1.54) is 16.2 Å². The van der Waals surface area contributed by atoms with Gasteiger partial charge >= 0.3 is 0 Å². The van der Waals surface area contributed by atoms with Gasteiger partial charge in [0.05, 0.1) is 0 Å². The van der Waals surface area contributed by atoms with Crippen LogP contribution in [-0.4, -0.2) is 39.6 Å². The number of imide groups is 1. The van der Waals surface area contributed by atoms with Gasteiger partial charge in [0, 0.05) is 46.6 Å². The highest BCUT2D eigenvalue weighted by Gasteiger charge is 2.39. The van der Waals surface area contributed by atoms with Crippen molar-refractivity contribution >= 4 is 51.7 Å². The van der Waals surface area contributed by atoms with Crippen LogP contribution < -0.4 is 15.4 Å². The summed E-state index contributed by atoms with van der Waals surface area (Å²) in [5.74, 6) is -0.386. The number of amides is 4. The van der Waals surface area contributed by atoms with E-state index in [0.29, 0.717) is 52.2 Å². The minimum absolute atomic E-state index is 0.202. The lowest BCUT2D eigenvalue weighted by Crippen LogP contribution is -2.52. The molecule has 1 atom stereocenters. The van der Waals surface area contributed by atoms with Crippen molar-refractivity contribution in [3.05, 3.63) is 105 Å². The number of fused-ring (bicyclic) bond motifs is 1. The summed E-state index contributed by atoms with van der Waals surface area (Å²) in [5, 5.41) is 6.32. The average Bonchev–Trinajstić information content (AvgIpc) is 3.53. The SMILES string of the molecule is O=C1CCC(N2Cc3ccc(Oc4ccc(C(=O)Nc5ncc(Cc6ccc(Cl)cc6)s5)cc4)cc3C2=O)C(=O)N1. The van der Waals surface area contributed by atoms with E-state index < -0.39 is 11.9 Å². The van der Waals surface area contributed by atoms with Gasteiger partial charge in [-0.1, -0.05) is 29.8 Å². The number of carbonyl (C=O) groups is 4. The molecular formula is C30H23ClN4O5S. The molecule has 1 saturated heterocycles. The molecule has 1 fully saturated rings. The van der Waals surface area contributed by atoms with E-state index in [9.17, 15) is 19.2 Å². The van der Waals surface area contributed by atoms with E-state index in [0.717, 1.165) is 16.0 Å². The molecule has 0 spiro atoms. The second kappa shape index (κ2) is 11.1. The first-order chi connectivity index (χ1) is 19.8. The minimum Gasteiger partial charge on any atom is -0.457 e. The van der Waals surface area contributed by atoms with E-state index in [1.807, 2.05) is 24.3 Å². The predicted molar refractivity (Wildman–Crippen MR) is 153 cm³/mol. The molecule has 6 rings (SSSR count). The monoisotopic (exact) mass is 586 g/mol. The first kappa shape index (κ1) is 26.7. The number of piperidine rings is 1. The number of anilines is 1. The summed E-state index contributed by atoms with van der Waals surface area (Å²) in [5.41, 5.74) is 2.79. The Bertz CT molecular complexity index is 1670. The average molecular weight is 587 g/mol. The van der Waals surface area contributed by atoms with E-state index >= 15 is 0 Å². The van der Waals surface area contributed by atoms with Crippen LogP contribution in [0.5, 0.6) is 11.5 Å². The van der Waals surface area contributed by atoms with E-state index in [1.54, 1.807) is 48.7 Å². The maximum absolute atomic E-state index is 13.1. The number of benzene rings is 3. The van der Waals surface area contributed by atoms with Crippen molar-refractivity contribution in [1.29, 1.82) is 0 Å². The minimum atomic E-state index is -0.671. The van der Waals surface area contributed by atoms with Crippen molar-refractivity contribution in [2.45, 2.75) is 31.8 Å². The third-order valence-electron chi connectivity index (χ3n) is 6.92. The maximum Gasteiger partial charge on any atom is 0.257 e. The molecule has 1 aromatic heterocycles. The third kappa shape index (κ3) is 5.84. The summed E-state index contributed by atoms with van der Waals surface area (Å²) in [6.45, 7) is 0.298. The summed E-state index contributed by atoms with van der Waals surface area (Å²) in [4.78, 5) is 56.4. The second-order valence-electron chi connectivity index (χ2n) is 9.73. The van der Waals surface area contributed by atoms with Crippen molar-refractivity contribution in [3.8, 4) is 11.5 Å². The van der Waals surface area contributed by atoms with E-state index in [-0.39, 0.29) is 24.1 Å². The van der Waals surface area contributed by atoms with Crippen LogP contribution in [-0.2, 0) is 22.6 Å². The fourth-order valence-electron chi connectivity index (χ4n) is 4.83. The Morgan fingerprint density at radius 3 is 2.56 bits per heavy atom. The van der Waals surface area contributed by atoms with Gasteiger partial charge in [-0.15, -0.1) is 11.3 Å². The fourth-order valence-corrected chi connectivity index (χ4v) is 5.80. The van der Waals surface area contributed by atoms with Crippen molar-refractivity contribution in [1.82, 2.24) is 15.2 Å². The number of nitrogens with zero attached hydrogens (tertiary/aromatic N) is 2. The van der Waals surface area contributed by atoms with E-state index in [2.05, 4.69) is 15.6 Å². The molecular weight excluding hydrogens is 564 g/mol. The topological polar surface area (TPSA) is 118 Å². The first-order valence-electron chi connectivity index (χ1n) is 12.9. The van der Waals surface area contributed by atoms with Crippen molar-refractivity contribution in [2.75, 3.05) is 5.32 Å². The number of nitrogens with one attached hydrogen (secondary N) is 2. The number of thiazole rings is 1. The van der Waals surface area contributed by atoms with Crippen LogP contribution in [0.25, 0.3) is 0 Å². The third-order valence-corrected chi connectivity index (χ3v) is 8.08. The number of hydrogen-bond acceptors (Lipinski definition) is 7. The molecule has 1 unspecified atom stereocenters. The molecule has 4 aromatic rings. The van der Waals surface area contributed by atoms with Gasteiger partial charge in [0.1, 0.15) is 17.5 Å². The normalized spacial score (nSPS) is 16.4. The molecule has 0 aliphatic carbocycles. The molecule has 2 aliphatic heterocycles. The van der Waals surface area contributed by atoms with E-state index in [4.69, 9.17) is 16.3 Å². The molecule has 9 nitrogen and oxygen atoms in total. The molecule has 0 radical (unpaired) electrons. The summed E-state index contributed by atoms with van der Waals surface area (Å²) in [7, 11) is 0. The van der Waals surface area contributed by atoms with Gasteiger partial charge in [-0.2, -0.15) is 0 Å². The summed E-state index contributed by atoms with van der Waals surface area (Å²) in [6, 6.07) is 18.8. The Morgan fingerprint density at radius 1 is 1.05 bits per heavy atom. The molecule has 206 valence electrons.